The van der Waals surface area contributed by atoms with E-state index in [2.05, 4.69) is 25.6 Å². The predicted molar refractivity (Wildman–Crippen MR) is 67.8 cm³/mol. The number of anilines is 2. The minimum Gasteiger partial charge on any atom is -0.361 e. The number of nitrogens with zero attached hydrogens (tertiary/aromatic N) is 3. The lowest BCUT2D eigenvalue weighted by Gasteiger charge is -2.15. The van der Waals surface area contributed by atoms with Crippen molar-refractivity contribution in [3.05, 3.63) is 42.1 Å². The van der Waals surface area contributed by atoms with Crippen LogP contribution in [0.25, 0.3) is 0 Å². The summed E-state index contributed by atoms with van der Waals surface area (Å²) in [6, 6.07) is 3.67. The Morgan fingerprint density at radius 2 is 2.17 bits per heavy atom. The molecule has 0 aliphatic carbocycles. The van der Waals surface area contributed by atoms with Gasteiger partial charge in [-0.25, -0.2) is 9.37 Å². The number of pyridine rings is 1. The standard InChI is InChI=1S/C12H14FN5/c1-8(9-4-3-5-15-6-9)17-11-10(13)7-16-12(14-2)18-11/h3-8H,1-2H3,(H2,14,16,17,18). The van der Waals surface area contributed by atoms with Gasteiger partial charge in [0.15, 0.2) is 11.6 Å². The van der Waals surface area contributed by atoms with E-state index in [9.17, 15) is 4.39 Å². The van der Waals surface area contributed by atoms with E-state index in [-0.39, 0.29) is 11.9 Å². The highest BCUT2D eigenvalue weighted by Gasteiger charge is 2.11. The summed E-state index contributed by atoms with van der Waals surface area (Å²) < 4.78 is 13.6. The molecule has 0 saturated heterocycles. The van der Waals surface area contributed by atoms with Gasteiger partial charge in [0.2, 0.25) is 5.95 Å². The Balaban J connectivity index is 2.18. The van der Waals surface area contributed by atoms with Crippen LogP contribution in [0.1, 0.15) is 18.5 Å². The molecule has 0 aliphatic rings. The van der Waals surface area contributed by atoms with Crippen LogP contribution >= 0.6 is 0 Å². The zero-order chi connectivity index (χ0) is 13.0. The van der Waals surface area contributed by atoms with Gasteiger partial charge in [-0.3, -0.25) is 4.98 Å². The average Bonchev–Trinajstić information content (AvgIpc) is 2.42. The van der Waals surface area contributed by atoms with Crippen molar-refractivity contribution < 1.29 is 4.39 Å². The van der Waals surface area contributed by atoms with Gasteiger partial charge in [0.25, 0.3) is 0 Å². The van der Waals surface area contributed by atoms with Gasteiger partial charge < -0.3 is 10.6 Å². The third kappa shape index (κ3) is 2.71. The Kier molecular flexibility index (Phi) is 3.66. The summed E-state index contributed by atoms with van der Waals surface area (Å²) >= 11 is 0. The molecule has 0 radical (unpaired) electrons. The van der Waals surface area contributed by atoms with Crippen molar-refractivity contribution in [2.24, 2.45) is 0 Å². The lowest BCUT2D eigenvalue weighted by Crippen LogP contribution is -2.11. The average molecular weight is 247 g/mol. The van der Waals surface area contributed by atoms with Crippen molar-refractivity contribution in [3.8, 4) is 0 Å². The van der Waals surface area contributed by atoms with Crippen LogP contribution in [0.15, 0.2) is 30.7 Å². The maximum absolute atomic E-state index is 13.6. The Morgan fingerprint density at radius 3 is 2.83 bits per heavy atom. The lowest BCUT2D eigenvalue weighted by molar-refractivity contribution is 0.614. The minimum absolute atomic E-state index is 0.0900. The van der Waals surface area contributed by atoms with E-state index < -0.39 is 5.82 Å². The van der Waals surface area contributed by atoms with Gasteiger partial charge in [0.1, 0.15) is 0 Å². The molecular formula is C12H14FN5. The summed E-state index contributed by atoms with van der Waals surface area (Å²) in [6.07, 6.45) is 4.56. The van der Waals surface area contributed by atoms with E-state index in [0.29, 0.717) is 5.95 Å². The lowest BCUT2D eigenvalue weighted by atomic mass is 10.1. The van der Waals surface area contributed by atoms with Crippen LogP contribution in [0, 0.1) is 5.82 Å². The number of nitrogens with one attached hydrogen (secondary N) is 2. The van der Waals surface area contributed by atoms with Gasteiger partial charge in [-0.05, 0) is 18.6 Å². The first kappa shape index (κ1) is 12.2. The summed E-state index contributed by atoms with van der Waals surface area (Å²) in [7, 11) is 1.68. The molecule has 94 valence electrons. The fourth-order valence-electron chi connectivity index (χ4n) is 1.51. The molecule has 2 N–H and O–H groups in total. The molecule has 0 aromatic carbocycles. The summed E-state index contributed by atoms with van der Waals surface area (Å²) in [5.74, 6) is 0.0627. The molecule has 2 aromatic heterocycles. The normalized spacial score (nSPS) is 11.9. The molecule has 18 heavy (non-hydrogen) atoms. The monoisotopic (exact) mass is 247 g/mol. The molecule has 0 saturated carbocycles. The van der Waals surface area contributed by atoms with E-state index in [0.717, 1.165) is 11.8 Å². The van der Waals surface area contributed by atoms with Crippen LogP contribution in [-0.2, 0) is 0 Å². The first-order chi connectivity index (χ1) is 8.70. The van der Waals surface area contributed by atoms with Crippen LogP contribution in [0.4, 0.5) is 16.2 Å². The third-order valence-corrected chi connectivity index (χ3v) is 2.51. The molecule has 2 rings (SSSR count). The number of halogens is 1. The van der Waals surface area contributed by atoms with Crippen LogP contribution in [0.5, 0.6) is 0 Å². The minimum atomic E-state index is -0.482. The van der Waals surface area contributed by atoms with Crippen molar-refractivity contribution in [2.75, 3.05) is 17.7 Å². The highest BCUT2D eigenvalue weighted by atomic mass is 19.1. The van der Waals surface area contributed by atoms with Crippen LogP contribution in [-0.4, -0.2) is 22.0 Å². The summed E-state index contributed by atoms with van der Waals surface area (Å²) in [5.41, 5.74) is 0.960. The van der Waals surface area contributed by atoms with E-state index >= 15 is 0 Å². The van der Waals surface area contributed by atoms with Crippen LogP contribution in [0.3, 0.4) is 0 Å². The SMILES string of the molecule is CNc1ncc(F)c(NC(C)c2cccnc2)n1. The van der Waals surface area contributed by atoms with E-state index in [1.54, 1.807) is 19.4 Å². The second-order valence-electron chi connectivity index (χ2n) is 3.79. The third-order valence-electron chi connectivity index (χ3n) is 2.51. The summed E-state index contributed by atoms with van der Waals surface area (Å²) in [6.45, 7) is 1.91. The highest BCUT2D eigenvalue weighted by Crippen LogP contribution is 2.19. The fraction of sp³-hybridized carbons (Fsp3) is 0.250. The maximum atomic E-state index is 13.6. The van der Waals surface area contributed by atoms with Crippen molar-refractivity contribution in [3.63, 3.8) is 0 Å². The largest absolute Gasteiger partial charge is 0.361 e. The summed E-state index contributed by atoms with van der Waals surface area (Å²) in [4.78, 5) is 11.8. The Bertz CT molecular complexity index is 517. The fourth-order valence-corrected chi connectivity index (χ4v) is 1.51. The highest BCUT2D eigenvalue weighted by molar-refractivity contribution is 5.42. The maximum Gasteiger partial charge on any atom is 0.224 e. The van der Waals surface area contributed by atoms with Crippen LogP contribution < -0.4 is 10.6 Å². The number of rotatable bonds is 4. The molecule has 0 amide bonds. The Hall–Kier alpha value is -2.24. The zero-order valence-corrected chi connectivity index (χ0v) is 10.2. The van der Waals surface area contributed by atoms with Crippen molar-refractivity contribution >= 4 is 11.8 Å². The Labute approximate surface area is 105 Å². The van der Waals surface area contributed by atoms with Gasteiger partial charge in [0.05, 0.1) is 12.2 Å². The quantitative estimate of drug-likeness (QED) is 0.867. The molecule has 1 unspecified atom stereocenters. The molecule has 1 atom stereocenters. The predicted octanol–water partition coefficient (Wildman–Crippen LogP) is 2.23. The molecule has 2 heterocycles. The molecular weight excluding hydrogens is 233 g/mol. The molecule has 0 spiro atoms. The van der Waals surface area contributed by atoms with Crippen molar-refractivity contribution in [1.29, 1.82) is 0 Å². The zero-order valence-electron chi connectivity index (χ0n) is 10.2. The van der Waals surface area contributed by atoms with E-state index in [1.807, 2.05) is 19.1 Å². The van der Waals surface area contributed by atoms with Gasteiger partial charge in [-0.1, -0.05) is 6.07 Å². The van der Waals surface area contributed by atoms with Crippen molar-refractivity contribution in [2.45, 2.75) is 13.0 Å². The Morgan fingerprint density at radius 1 is 1.33 bits per heavy atom. The topological polar surface area (TPSA) is 62.7 Å². The second-order valence-corrected chi connectivity index (χ2v) is 3.79. The number of hydrogen-bond donors (Lipinski definition) is 2. The van der Waals surface area contributed by atoms with E-state index in [1.165, 1.54) is 0 Å². The van der Waals surface area contributed by atoms with Gasteiger partial charge in [-0.2, -0.15) is 4.98 Å². The van der Waals surface area contributed by atoms with Gasteiger partial charge in [0, 0.05) is 19.4 Å². The molecule has 6 heteroatoms. The molecule has 0 bridgehead atoms. The first-order valence-corrected chi connectivity index (χ1v) is 5.57. The van der Waals surface area contributed by atoms with E-state index in [4.69, 9.17) is 0 Å². The van der Waals surface area contributed by atoms with Crippen molar-refractivity contribution in [1.82, 2.24) is 15.0 Å². The molecule has 0 aliphatic heterocycles. The van der Waals surface area contributed by atoms with Gasteiger partial charge in [-0.15, -0.1) is 0 Å². The summed E-state index contributed by atoms with van der Waals surface area (Å²) in [5, 5.41) is 5.76. The van der Waals surface area contributed by atoms with Crippen LogP contribution in [0.2, 0.25) is 0 Å². The number of hydrogen-bond acceptors (Lipinski definition) is 5. The first-order valence-electron chi connectivity index (χ1n) is 5.57. The molecule has 0 fully saturated rings. The number of aromatic nitrogens is 3. The molecule has 5 nitrogen and oxygen atoms in total. The van der Waals surface area contributed by atoms with Gasteiger partial charge >= 0.3 is 0 Å². The molecule has 2 aromatic rings. The second kappa shape index (κ2) is 5.39. The smallest absolute Gasteiger partial charge is 0.224 e.